The van der Waals surface area contributed by atoms with Gasteiger partial charge >= 0.3 is 6.18 Å². The summed E-state index contributed by atoms with van der Waals surface area (Å²) in [5, 5.41) is 15.2. The number of hydrogen-bond donors (Lipinski definition) is 1. The first kappa shape index (κ1) is 22.2. The van der Waals surface area contributed by atoms with E-state index >= 15 is 0 Å². The van der Waals surface area contributed by atoms with E-state index in [0.29, 0.717) is 17.2 Å². The monoisotopic (exact) mass is 492 g/mol. The molecule has 0 bridgehead atoms. The van der Waals surface area contributed by atoms with E-state index in [1.54, 1.807) is 6.07 Å². The van der Waals surface area contributed by atoms with Crippen LogP contribution in [0.3, 0.4) is 0 Å². The van der Waals surface area contributed by atoms with Gasteiger partial charge in [0.1, 0.15) is 17.6 Å². The quantitative estimate of drug-likeness (QED) is 0.445. The summed E-state index contributed by atoms with van der Waals surface area (Å²) in [5.74, 6) is -0.743. The second kappa shape index (κ2) is 8.36. The minimum Gasteiger partial charge on any atom is -0.306 e. The number of amides is 1. The van der Waals surface area contributed by atoms with Crippen molar-refractivity contribution in [2.45, 2.75) is 6.18 Å². The second-order valence-electron chi connectivity index (χ2n) is 5.80. The molecule has 1 N–H and O–H groups in total. The predicted molar refractivity (Wildman–Crippen MR) is 108 cm³/mol. The lowest BCUT2D eigenvalue weighted by Crippen LogP contribution is -2.16. The Balaban J connectivity index is 2.07. The van der Waals surface area contributed by atoms with Crippen LogP contribution in [0.4, 0.5) is 19.0 Å². The summed E-state index contributed by atoms with van der Waals surface area (Å²) in [7, 11) is 0. The highest BCUT2D eigenvalue weighted by Crippen LogP contribution is 2.38. The van der Waals surface area contributed by atoms with E-state index in [1.165, 1.54) is 24.3 Å². The maximum absolute atomic E-state index is 13.0. The molecule has 12 heteroatoms. The molecular formula is C18H7Cl4F3N4O. The van der Waals surface area contributed by atoms with Crippen molar-refractivity contribution in [3.63, 3.8) is 0 Å². The van der Waals surface area contributed by atoms with E-state index in [4.69, 9.17) is 51.7 Å². The summed E-state index contributed by atoms with van der Waals surface area (Å²) < 4.78 is 39.9. The number of alkyl halides is 3. The third-order valence-corrected chi connectivity index (χ3v) is 4.92. The Hall–Kier alpha value is -2.44. The first-order chi connectivity index (χ1) is 14.0. The van der Waals surface area contributed by atoms with E-state index < -0.39 is 17.6 Å². The van der Waals surface area contributed by atoms with Crippen LogP contribution in [0.15, 0.2) is 36.4 Å². The summed E-state index contributed by atoms with van der Waals surface area (Å²) >= 11 is 23.9. The van der Waals surface area contributed by atoms with Gasteiger partial charge in [-0.2, -0.15) is 23.5 Å². The number of nitrogens with zero attached hydrogens (tertiary/aromatic N) is 3. The minimum atomic E-state index is -4.67. The van der Waals surface area contributed by atoms with Crippen molar-refractivity contribution in [3.8, 4) is 11.8 Å². The average molecular weight is 494 g/mol. The maximum Gasteiger partial charge on any atom is 0.416 e. The number of carbonyl (C=O) groups is 1. The molecule has 3 rings (SSSR count). The molecule has 1 heterocycles. The Morgan fingerprint density at radius 2 is 1.67 bits per heavy atom. The average Bonchev–Trinajstić information content (AvgIpc) is 3.02. The molecule has 0 unspecified atom stereocenters. The number of anilines is 1. The van der Waals surface area contributed by atoms with Crippen LogP contribution >= 0.6 is 46.4 Å². The minimum absolute atomic E-state index is 0.0638. The zero-order chi connectivity index (χ0) is 22.2. The van der Waals surface area contributed by atoms with Crippen molar-refractivity contribution < 1.29 is 18.0 Å². The summed E-state index contributed by atoms with van der Waals surface area (Å²) in [6.45, 7) is 0. The van der Waals surface area contributed by atoms with E-state index in [1.807, 2.05) is 0 Å². The van der Waals surface area contributed by atoms with Gasteiger partial charge in [-0.3, -0.25) is 4.79 Å². The molecule has 0 aliphatic heterocycles. The predicted octanol–water partition coefficient (Wildman–Crippen LogP) is 6.63. The van der Waals surface area contributed by atoms with Crippen molar-refractivity contribution in [2.75, 3.05) is 5.32 Å². The van der Waals surface area contributed by atoms with Crippen molar-refractivity contribution in [1.29, 1.82) is 5.26 Å². The fourth-order valence-electron chi connectivity index (χ4n) is 2.48. The molecule has 1 aromatic heterocycles. The standard InChI is InChI=1S/C18H7Cl4F3N4O/c19-9-1-2-11(12(20)5-9)17(30)27-15-6-10(7-26)28-29(15)16-13(21)3-8(4-14(16)22)18(23,24)25/h1-6H,(H,27,30). The van der Waals surface area contributed by atoms with Gasteiger partial charge in [-0.15, -0.1) is 0 Å². The van der Waals surface area contributed by atoms with Crippen LogP contribution in [-0.2, 0) is 6.18 Å². The van der Waals surface area contributed by atoms with Crippen LogP contribution < -0.4 is 5.32 Å². The molecule has 0 fully saturated rings. The Bertz CT molecular complexity index is 1180. The van der Waals surface area contributed by atoms with Crippen LogP contribution in [0.2, 0.25) is 20.1 Å². The molecule has 3 aromatic rings. The summed E-state index contributed by atoms with van der Waals surface area (Å²) in [6.07, 6.45) is -4.67. The molecule has 0 atom stereocenters. The number of carbonyl (C=O) groups excluding carboxylic acids is 1. The Morgan fingerprint density at radius 1 is 1.03 bits per heavy atom. The summed E-state index contributed by atoms with van der Waals surface area (Å²) in [5.41, 5.74) is -1.28. The van der Waals surface area contributed by atoms with E-state index in [2.05, 4.69) is 10.4 Å². The van der Waals surface area contributed by atoms with Crippen LogP contribution in [0.1, 0.15) is 21.6 Å². The smallest absolute Gasteiger partial charge is 0.306 e. The lowest BCUT2D eigenvalue weighted by Gasteiger charge is -2.15. The normalized spacial score (nSPS) is 11.3. The van der Waals surface area contributed by atoms with Crippen molar-refractivity contribution in [3.05, 3.63) is 73.3 Å². The molecule has 2 aromatic carbocycles. The number of nitriles is 1. The van der Waals surface area contributed by atoms with Crippen molar-refractivity contribution in [2.24, 2.45) is 0 Å². The van der Waals surface area contributed by atoms with E-state index in [-0.39, 0.29) is 37.8 Å². The van der Waals surface area contributed by atoms with Gasteiger partial charge < -0.3 is 5.32 Å². The highest BCUT2D eigenvalue weighted by molar-refractivity contribution is 6.38. The number of nitrogens with one attached hydrogen (secondary N) is 1. The number of hydrogen-bond acceptors (Lipinski definition) is 3. The highest BCUT2D eigenvalue weighted by atomic mass is 35.5. The molecule has 0 radical (unpaired) electrons. The molecule has 30 heavy (non-hydrogen) atoms. The molecule has 154 valence electrons. The van der Waals surface area contributed by atoms with Crippen molar-refractivity contribution >= 4 is 58.1 Å². The van der Waals surface area contributed by atoms with E-state index in [0.717, 1.165) is 4.68 Å². The zero-order valence-corrected chi connectivity index (χ0v) is 17.4. The SMILES string of the molecule is N#Cc1cc(NC(=O)c2ccc(Cl)cc2Cl)n(-c2c(Cl)cc(C(F)(F)F)cc2Cl)n1. The first-order valence-corrected chi connectivity index (χ1v) is 9.35. The zero-order valence-electron chi connectivity index (χ0n) is 14.4. The third-order valence-electron chi connectivity index (χ3n) is 3.80. The molecule has 1 amide bonds. The van der Waals surface area contributed by atoms with Crippen molar-refractivity contribution in [1.82, 2.24) is 9.78 Å². The number of halogens is 7. The number of rotatable bonds is 3. The largest absolute Gasteiger partial charge is 0.416 e. The van der Waals surface area contributed by atoms with Gasteiger partial charge in [0, 0.05) is 11.1 Å². The highest BCUT2D eigenvalue weighted by Gasteiger charge is 2.32. The molecule has 0 saturated heterocycles. The van der Waals surface area contributed by atoms with E-state index in [9.17, 15) is 18.0 Å². The number of aromatic nitrogens is 2. The first-order valence-electron chi connectivity index (χ1n) is 7.84. The number of benzene rings is 2. The Morgan fingerprint density at radius 3 is 2.20 bits per heavy atom. The Labute approximate surface area is 187 Å². The maximum atomic E-state index is 13.0. The van der Waals surface area contributed by atoms with Gasteiger partial charge in [0.15, 0.2) is 5.69 Å². The lowest BCUT2D eigenvalue weighted by atomic mass is 10.2. The topological polar surface area (TPSA) is 70.7 Å². The van der Waals surface area contributed by atoms with Crippen LogP contribution in [-0.4, -0.2) is 15.7 Å². The van der Waals surface area contributed by atoms with Gasteiger partial charge in [-0.1, -0.05) is 46.4 Å². The molecule has 0 spiro atoms. The summed E-state index contributed by atoms with van der Waals surface area (Å²) in [6, 6.07) is 8.49. The molecular weight excluding hydrogens is 487 g/mol. The fourth-order valence-corrected chi connectivity index (χ4v) is 3.63. The van der Waals surface area contributed by atoms with Crippen LogP contribution in [0.5, 0.6) is 0 Å². The molecule has 0 saturated carbocycles. The summed E-state index contributed by atoms with van der Waals surface area (Å²) in [4.78, 5) is 12.6. The van der Waals surface area contributed by atoms with Gasteiger partial charge in [0.05, 0.1) is 26.2 Å². The third kappa shape index (κ3) is 4.50. The van der Waals surface area contributed by atoms with Gasteiger partial charge in [0.2, 0.25) is 0 Å². The van der Waals surface area contributed by atoms with Crippen LogP contribution in [0, 0.1) is 11.3 Å². The van der Waals surface area contributed by atoms with Gasteiger partial charge in [-0.25, -0.2) is 4.68 Å². The second-order valence-corrected chi connectivity index (χ2v) is 7.46. The molecule has 0 aliphatic carbocycles. The van der Waals surface area contributed by atoms with Crippen LogP contribution in [0.25, 0.3) is 5.69 Å². The lowest BCUT2D eigenvalue weighted by molar-refractivity contribution is -0.137. The molecule has 0 aliphatic rings. The van der Waals surface area contributed by atoms with Gasteiger partial charge in [0.25, 0.3) is 5.91 Å². The fraction of sp³-hybridized carbons (Fsp3) is 0.0556. The van der Waals surface area contributed by atoms with Gasteiger partial charge in [-0.05, 0) is 30.3 Å². The molecule has 5 nitrogen and oxygen atoms in total. The Kier molecular flexibility index (Phi) is 6.20.